The van der Waals surface area contributed by atoms with Gasteiger partial charge in [-0.15, -0.1) is 0 Å². The summed E-state index contributed by atoms with van der Waals surface area (Å²) in [7, 11) is -3.81. The van der Waals surface area contributed by atoms with Crippen LogP contribution >= 0.6 is 0 Å². The van der Waals surface area contributed by atoms with Crippen LogP contribution in [0.5, 0.6) is 0 Å². The molecular formula is C16H14N4O3S. The Labute approximate surface area is 138 Å². The van der Waals surface area contributed by atoms with E-state index in [-0.39, 0.29) is 11.5 Å². The number of para-hydroxylation sites is 1. The molecule has 8 heteroatoms. The molecule has 0 saturated heterocycles. The van der Waals surface area contributed by atoms with Crippen molar-refractivity contribution < 1.29 is 12.7 Å². The minimum Gasteiger partial charge on any atom is -0.291 e. The number of hydrogen-bond donors (Lipinski definition) is 0. The number of nitriles is 1. The first-order valence-corrected chi connectivity index (χ1v) is 9.03. The lowest BCUT2D eigenvalue weighted by atomic mass is 10.2. The summed E-state index contributed by atoms with van der Waals surface area (Å²) in [5.41, 5.74) is 0.593. The average Bonchev–Trinajstić information content (AvgIpc) is 2.94. The molecule has 0 radical (unpaired) electrons. The first-order valence-electron chi connectivity index (χ1n) is 7.21. The first kappa shape index (κ1) is 16.0. The summed E-state index contributed by atoms with van der Waals surface area (Å²) in [5.74, 6) is 0.242. The summed E-state index contributed by atoms with van der Waals surface area (Å²) >= 11 is 0. The minimum absolute atomic E-state index is 0.208. The van der Waals surface area contributed by atoms with Crippen molar-refractivity contribution in [2.24, 2.45) is 5.16 Å². The van der Waals surface area contributed by atoms with Gasteiger partial charge >= 0.3 is 10.1 Å². The van der Waals surface area contributed by atoms with Crippen LogP contribution in [-0.4, -0.2) is 29.9 Å². The first-order chi connectivity index (χ1) is 11.5. The van der Waals surface area contributed by atoms with Gasteiger partial charge in [0.15, 0.2) is 5.82 Å². The van der Waals surface area contributed by atoms with Crippen molar-refractivity contribution in [2.45, 2.75) is 12.8 Å². The Balaban J connectivity index is 2.26. The quantitative estimate of drug-likeness (QED) is 0.593. The zero-order chi connectivity index (χ0) is 17.2. The summed E-state index contributed by atoms with van der Waals surface area (Å²) in [6.07, 6.45) is 6.60. The second kappa shape index (κ2) is 6.29. The fourth-order valence-electron chi connectivity index (χ4n) is 2.45. The molecule has 0 saturated carbocycles. The van der Waals surface area contributed by atoms with Gasteiger partial charge < -0.3 is 0 Å². The van der Waals surface area contributed by atoms with E-state index in [2.05, 4.69) is 14.4 Å². The molecule has 122 valence electrons. The van der Waals surface area contributed by atoms with E-state index in [4.69, 9.17) is 0 Å². The van der Waals surface area contributed by atoms with E-state index >= 15 is 0 Å². The van der Waals surface area contributed by atoms with Crippen LogP contribution in [0.15, 0.2) is 35.5 Å². The van der Waals surface area contributed by atoms with Gasteiger partial charge in [0.05, 0.1) is 17.0 Å². The summed E-state index contributed by atoms with van der Waals surface area (Å²) in [6, 6.07) is 11.2. The molecule has 1 heterocycles. The summed E-state index contributed by atoms with van der Waals surface area (Å²) in [6.45, 7) is 0. The third kappa shape index (κ3) is 3.21. The molecular weight excluding hydrogens is 328 g/mol. The van der Waals surface area contributed by atoms with E-state index in [0.717, 1.165) is 35.5 Å². The molecule has 24 heavy (non-hydrogen) atoms. The molecule has 1 aromatic carbocycles. The minimum atomic E-state index is -3.81. The number of oxime groups is 1. The monoisotopic (exact) mass is 342 g/mol. The second-order valence-electron chi connectivity index (χ2n) is 5.19. The molecule has 0 aliphatic heterocycles. The molecule has 0 amide bonds. The number of nitrogens with zero attached hydrogens (tertiary/aromatic N) is 4. The van der Waals surface area contributed by atoms with Gasteiger partial charge in [-0.25, -0.2) is 4.98 Å². The van der Waals surface area contributed by atoms with E-state index in [9.17, 15) is 13.7 Å². The SMILES string of the molecule is CS(=O)(=O)O/N=C(\C#N)c1nc2c(n1-c1ccccc1)=CCCC=2. The highest BCUT2D eigenvalue weighted by Gasteiger charge is 2.18. The van der Waals surface area contributed by atoms with Gasteiger partial charge in [-0.1, -0.05) is 35.5 Å². The number of hydrogen-bond acceptors (Lipinski definition) is 6. The highest BCUT2D eigenvalue weighted by molar-refractivity contribution is 7.85. The molecule has 7 nitrogen and oxygen atoms in total. The maximum absolute atomic E-state index is 11.2. The zero-order valence-corrected chi connectivity index (χ0v) is 13.7. The standard InChI is InChI=1S/C16H14N4O3S/c1-24(21,22)23-19-14(11-17)16-18-13-9-5-6-10-15(13)20(16)12-7-3-2-4-8-12/h2-4,7-10H,5-6H2,1H3/b19-14+. The van der Waals surface area contributed by atoms with Crippen LogP contribution in [0, 0.1) is 11.3 Å². The van der Waals surface area contributed by atoms with Gasteiger partial charge in [0.25, 0.3) is 0 Å². The smallest absolute Gasteiger partial charge is 0.291 e. The maximum atomic E-state index is 11.2. The Kier molecular flexibility index (Phi) is 4.18. The number of fused-ring (bicyclic) bond motifs is 1. The maximum Gasteiger partial charge on any atom is 0.325 e. The Hall–Kier alpha value is -2.92. The molecule has 3 rings (SSSR count). The van der Waals surface area contributed by atoms with Crippen molar-refractivity contribution in [1.82, 2.24) is 9.55 Å². The van der Waals surface area contributed by atoms with Crippen molar-refractivity contribution in [2.75, 3.05) is 6.26 Å². The van der Waals surface area contributed by atoms with Crippen LogP contribution in [0.1, 0.15) is 18.7 Å². The highest BCUT2D eigenvalue weighted by Crippen LogP contribution is 2.09. The van der Waals surface area contributed by atoms with Crippen LogP contribution in [-0.2, 0) is 14.4 Å². The van der Waals surface area contributed by atoms with E-state index in [1.165, 1.54) is 0 Å². The number of aromatic nitrogens is 2. The zero-order valence-electron chi connectivity index (χ0n) is 12.9. The van der Waals surface area contributed by atoms with E-state index in [1.807, 2.05) is 48.6 Å². The van der Waals surface area contributed by atoms with E-state index in [1.54, 1.807) is 4.57 Å². The summed E-state index contributed by atoms with van der Waals surface area (Å²) in [4.78, 5) is 4.45. The number of benzene rings is 1. The molecule has 0 bridgehead atoms. The predicted molar refractivity (Wildman–Crippen MR) is 89.1 cm³/mol. The number of imidazole rings is 1. The Bertz CT molecular complexity index is 1060. The Morgan fingerprint density at radius 3 is 2.67 bits per heavy atom. The van der Waals surface area contributed by atoms with Crippen molar-refractivity contribution >= 4 is 28.0 Å². The van der Waals surface area contributed by atoms with Crippen LogP contribution in [0.3, 0.4) is 0 Å². The van der Waals surface area contributed by atoms with E-state index < -0.39 is 10.1 Å². The third-order valence-corrected chi connectivity index (χ3v) is 3.72. The van der Waals surface area contributed by atoms with E-state index in [0.29, 0.717) is 0 Å². The van der Waals surface area contributed by atoms with Crippen LogP contribution < -0.4 is 10.7 Å². The lowest BCUT2D eigenvalue weighted by Crippen LogP contribution is -2.31. The summed E-state index contributed by atoms with van der Waals surface area (Å²) < 4.78 is 28.5. The van der Waals surface area contributed by atoms with Gasteiger partial charge in [0, 0.05) is 5.69 Å². The normalized spacial score (nSPS) is 14.1. The van der Waals surface area contributed by atoms with Crippen LogP contribution in [0.4, 0.5) is 0 Å². The predicted octanol–water partition coefficient (Wildman–Crippen LogP) is 0.431. The van der Waals surface area contributed by atoms with Crippen molar-refractivity contribution in [3.05, 3.63) is 46.9 Å². The second-order valence-corrected chi connectivity index (χ2v) is 6.75. The molecule has 0 unspecified atom stereocenters. The van der Waals surface area contributed by atoms with Crippen LogP contribution in [0.25, 0.3) is 17.8 Å². The van der Waals surface area contributed by atoms with Crippen molar-refractivity contribution in [3.63, 3.8) is 0 Å². The van der Waals surface area contributed by atoms with Crippen molar-refractivity contribution in [3.8, 4) is 11.8 Å². The molecule has 1 aromatic heterocycles. The van der Waals surface area contributed by atoms with Crippen LogP contribution in [0.2, 0.25) is 0 Å². The fraction of sp³-hybridized carbons (Fsp3) is 0.188. The van der Waals surface area contributed by atoms with Gasteiger partial charge in [-0.2, -0.15) is 13.7 Å². The van der Waals surface area contributed by atoms with Gasteiger partial charge in [-0.3, -0.25) is 8.85 Å². The lowest BCUT2D eigenvalue weighted by molar-refractivity contribution is 0.343. The summed E-state index contributed by atoms with van der Waals surface area (Å²) in [5, 5.41) is 14.4. The van der Waals surface area contributed by atoms with Crippen molar-refractivity contribution in [1.29, 1.82) is 5.26 Å². The topological polar surface area (TPSA) is 97.3 Å². The molecule has 0 atom stereocenters. The highest BCUT2D eigenvalue weighted by atomic mass is 32.2. The Morgan fingerprint density at radius 1 is 1.29 bits per heavy atom. The fourth-order valence-corrected chi connectivity index (χ4v) is 2.66. The molecule has 0 spiro atoms. The van der Waals surface area contributed by atoms with Gasteiger partial charge in [0.2, 0.25) is 5.71 Å². The third-order valence-electron chi connectivity index (χ3n) is 3.38. The van der Waals surface area contributed by atoms with Gasteiger partial charge in [0.1, 0.15) is 6.07 Å². The number of rotatable bonds is 4. The van der Waals surface area contributed by atoms with Gasteiger partial charge in [-0.05, 0) is 25.0 Å². The lowest BCUT2D eigenvalue weighted by Gasteiger charge is -2.07. The Morgan fingerprint density at radius 2 is 2.00 bits per heavy atom. The largest absolute Gasteiger partial charge is 0.325 e. The molecule has 1 aliphatic rings. The molecule has 2 aromatic rings. The molecule has 0 fully saturated rings. The average molecular weight is 342 g/mol. The molecule has 1 aliphatic carbocycles. The molecule has 0 N–H and O–H groups in total.